The smallest absolute Gasteiger partial charge is 0.330 e. The van der Waals surface area contributed by atoms with Crippen molar-refractivity contribution in [1.29, 1.82) is 0 Å². The molecule has 1 unspecified atom stereocenters. The molecule has 90 valence electrons. The summed E-state index contributed by atoms with van der Waals surface area (Å²) in [6, 6.07) is 2.44. The highest BCUT2D eigenvalue weighted by Crippen LogP contribution is 2.30. The van der Waals surface area contributed by atoms with Crippen LogP contribution in [0.1, 0.15) is 18.9 Å². The van der Waals surface area contributed by atoms with Crippen molar-refractivity contribution in [3.8, 4) is 0 Å². The first kappa shape index (κ1) is 13.3. The molecule has 0 spiro atoms. The average Bonchev–Trinajstić information content (AvgIpc) is 2.17. The van der Waals surface area contributed by atoms with Crippen LogP contribution in [0.15, 0.2) is 23.4 Å². The second-order valence-electron chi connectivity index (χ2n) is 3.39. The van der Waals surface area contributed by atoms with Crippen molar-refractivity contribution in [1.82, 2.24) is 4.98 Å². The monoisotopic (exact) mass is 250 g/mol. The van der Waals surface area contributed by atoms with Crippen LogP contribution in [-0.2, 0) is 6.18 Å². The summed E-state index contributed by atoms with van der Waals surface area (Å²) in [5.41, 5.74) is 4.66. The van der Waals surface area contributed by atoms with Gasteiger partial charge in [-0.05, 0) is 25.1 Å². The Morgan fingerprint density at radius 1 is 1.44 bits per heavy atom. The Balaban J connectivity index is 2.65. The summed E-state index contributed by atoms with van der Waals surface area (Å²) in [6.45, 7) is 2.53. The number of rotatable bonds is 4. The molecule has 0 bridgehead atoms. The van der Waals surface area contributed by atoms with E-state index in [9.17, 15) is 13.2 Å². The van der Waals surface area contributed by atoms with Crippen LogP contribution in [0.3, 0.4) is 0 Å². The molecule has 1 rings (SSSR count). The third-order valence-corrected chi connectivity index (χ3v) is 3.08. The van der Waals surface area contributed by atoms with Crippen LogP contribution < -0.4 is 5.73 Å². The Hall–Kier alpha value is -0.750. The molecule has 0 aliphatic rings. The van der Waals surface area contributed by atoms with Gasteiger partial charge in [0.15, 0.2) is 0 Å². The fraction of sp³-hybridized carbons (Fsp3) is 0.500. The van der Waals surface area contributed by atoms with E-state index in [2.05, 4.69) is 4.98 Å². The van der Waals surface area contributed by atoms with E-state index in [1.807, 2.05) is 6.92 Å². The van der Waals surface area contributed by atoms with Crippen molar-refractivity contribution in [2.75, 3.05) is 6.54 Å². The van der Waals surface area contributed by atoms with E-state index >= 15 is 0 Å². The quantitative estimate of drug-likeness (QED) is 0.835. The van der Waals surface area contributed by atoms with Gasteiger partial charge in [-0.25, -0.2) is 4.98 Å². The van der Waals surface area contributed by atoms with Crippen molar-refractivity contribution < 1.29 is 13.2 Å². The van der Waals surface area contributed by atoms with E-state index in [1.54, 1.807) is 0 Å². The number of hydrogen-bond acceptors (Lipinski definition) is 3. The highest BCUT2D eigenvalue weighted by molar-refractivity contribution is 7.99. The number of alkyl halides is 3. The molecular weight excluding hydrogens is 237 g/mol. The molecule has 0 aliphatic heterocycles. The van der Waals surface area contributed by atoms with E-state index in [4.69, 9.17) is 5.73 Å². The maximum Gasteiger partial charge on any atom is 0.417 e. The van der Waals surface area contributed by atoms with Gasteiger partial charge >= 0.3 is 6.18 Å². The summed E-state index contributed by atoms with van der Waals surface area (Å²) in [5, 5.41) is 0.850. The van der Waals surface area contributed by atoms with Gasteiger partial charge in [0, 0.05) is 11.4 Å². The number of pyridine rings is 1. The average molecular weight is 250 g/mol. The normalized spacial score (nSPS) is 13.8. The molecule has 1 atom stereocenters. The second-order valence-corrected chi connectivity index (χ2v) is 4.85. The van der Waals surface area contributed by atoms with Crippen molar-refractivity contribution in [3.63, 3.8) is 0 Å². The SMILES string of the molecule is CC(CCN)Sc1ccc(C(F)(F)F)cn1. The van der Waals surface area contributed by atoms with Crippen LogP contribution in [0.5, 0.6) is 0 Å². The molecule has 0 aromatic carbocycles. The van der Waals surface area contributed by atoms with Gasteiger partial charge in [-0.15, -0.1) is 11.8 Å². The summed E-state index contributed by atoms with van der Waals surface area (Å²) in [4.78, 5) is 3.77. The number of thioether (sulfide) groups is 1. The Morgan fingerprint density at radius 3 is 2.56 bits per heavy atom. The lowest BCUT2D eigenvalue weighted by atomic mass is 10.3. The largest absolute Gasteiger partial charge is 0.417 e. The molecule has 0 radical (unpaired) electrons. The highest BCUT2D eigenvalue weighted by Gasteiger charge is 2.30. The summed E-state index contributed by atoms with van der Waals surface area (Å²) in [6.07, 6.45) is -2.65. The number of aromatic nitrogens is 1. The van der Waals surface area contributed by atoms with Gasteiger partial charge in [0.2, 0.25) is 0 Å². The standard InChI is InChI=1S/C10H13F3N2S/c1-7(4-5-14)16-9-3-2-8(6-15-9)10(11,12)13/h2-3,6-7H,4-5,14H2,1H3. The highest BCUT2D eigenvalue weighted by atomic mass is 32.2. The first-order valence-electron chi connectivity index (χ1n) is 4.83. The maximum atomic E-state index is 12.2. The molecule has 16 heavy (non-hydrogen) atoms. The fourth-order valence-corrected chi connectivity index (χ4v) is 2.04. The Kier molecular flexibility index (Phi) is 4.61. The number of nitrogens with zero attached hydrogens (tertiary/aromatic N) is 1. The number of nitrogens with two attached hydrogens (primary N) is 1. The van der Waals surface area contributed by atoms with Crippen LogP contribution >= 0.6 is 11.8 Å². The molecule has 1 heterocycles. The first-order chi connectivity index (χ1) is 7.43. The Bertz CT molecular complexity index is 324. The zero-order chi connectivity index (χ0) is 12.2. The topological polar surface area (TPSA) is 38.9 Å². The molecule has 2 nitrogen and oxygen atoms in total. The predicted octanol–water partition coefficient (Wildman–Crippen LogP) is 2.93. The van der Waals surface area contributed by atoms with Gasteiger partial charge < -0.3 is 5.73 Å². The summed E-state index contributed by atoms with van der Waals surface area (Å²) in [5.74, 6) is 0. The summed E-state index contributed by atoms with van der Waals surface area (Å²) in [7, 11) is 0. The van der Waals surface area contributed by atoms with Gasteiger partial charge in [-0.2, -0.15) is 13.2 Å². The van der Waals surface area contributed by atoms with E-state index in [0.29, 0.717) is 11.6 Å². The van der Waals surface area contributed by atoms with Crippen LogP contribution in [0.2, 0.25) is 0 Å². The molecule has 1 aromatic heterocycles. The Morgan fingerprint density at radius 2 is 2.12 bits per heavy atom. The number of hydrogen-bond donors (Lipinski definition) is 1. The summed E-state index contributed by atoms with van der Waals surface area (Å²) < 4.78 is 36.7. The van der Waals surface area contributed by atoms with Gasteiger partial charge in [0.1, 0.15) is 0 Å². The lowest BCUT2D eigenvalue weighted by Gasteiger charge is -2.10. The molecule has 0 amide bonds. The van der Waals surface area contributed by atoms with Crippen LogP contribution in [-0.4, -0.2) is 16.8 Å². The Labute approximate surface area is 96.4 Å². The molecule has 0 aliphatic carbocycles. The molecule has 0 fully saturated rings. The molecular formula is C10H13F3N2S. The van der Waals surface area contributed by atoms with Crippen LogP contribution in [0.4, 0.5) is 13.2 Å². The van der Waals surface area contributed by atoms with Crippen molar-refractivity contribution >= 4 is 11.8 Å². The van der Waals surface area contributed by atoms with Gasteiger partial charge in [0.25, 0.3) is 0 Å². The minimum Gasteiger partial charge on any atom is -0.330 e. The molecule has 6 heteroatoms. The molecule has 0 saturated carbocycles. The predicted molar refractivity (Wildman–Crippen MR) is 58.2 cm³/mol. The second kappa shape index (κ2) is 5.54. The van der Waals surface area contributed by atoms with Gasteiger partial charge in [-0.3, -0.25) is 0 Å². The number of halogens is 3. The van der Waals surface area contributed by atoms with Gasteiger partial charge in [0.05, 0.1) is 10.6 Å². The van der Waals surface area contributed by atoms with E-state index in [0.717, 1.165) is 18.7 Å². The van der Waals surface area contributed by atoms with Crippen molar-refractivity contribution in [2.24, 2.45) is 5.73 Å². The van der Waals surface area contributed by atoms with E-state index in [1.165, 1.54) is 17.8 Å². The zero-order valence-electron chi connectivity index (χ0n) is 8.79. The van der Waals surface area contributed by atoms with Crippen LogP contribution in [0, 0.1) is 0 Å². The minimum absolute atomic E-state index is 0.259. The lowest BCUT2D eigenvalue weighted by Crippen LogP contribution is -2.08. The van der Waals surface area contributed by atoms with Crippen LogP contribution in [0.25, 0.3) is 0 Å². The van der Waals surface area contributed by atoms with Crippen molar-refractivity contribution in [2.45, 2.75) is 29.8 Å². The molecule has 2 N–H and O–H groups in total. The van der Waals surface area contributed by atoms with Gasteiger partial charge in [-0.1, -0.05) is 6.92 Å². The fourth-order valence-electron chi connectivity index (χ4n) is 1.12. The maximum absolute atomic E-state index is 12.2. The van der Waals surface area contributed by atoms with E-state index < -0.39 is 11.7 Å². The lowest BCUT2D eigenvalue weighted by molar-refractivity contribution is -0.137. The molecule has 1 aromatic rings. The first-order valence-corrected chi connectivity index (χ1v) is 5.71. The third kappa shape index (κ3) is 4.02. The third-order valence-electron chi connectivity index (χ3n) is 1.96. The molecule has 0 saturated heterocycles. The minimum atomic E-state index is -4.32. The van der Waals surface area contributed by atoms with E-state index in [-0.39, 0.29) is 5.25 Å². The van der Waals surface area contributed by atoms with Crippen molar-refractivity contribution in [3.05, 3.63) is 23.9 Å². The summed E-state index contributed by atoms with van der Waals surface area (Å²) >= 11 is 1.43. The zero-order valence-corrected chi connectivity index (χ0v) is 9.61.